The molecular weight excluding hydrogens is 258 g/mol. The van der Waals surface area contributed by atoms with Crippen molar-refractivity contribution >= 4 is 17.4 Å². The molecule has 0 aliphatic heterocycles. The van der Waals surface area contributed by atoms with Gasteiger partial charge in [-0.05, 0) is 30.7 Å². The van der Waals surface area contributed by atoms with Crippen LogP contribution in [0.5, 0.6) is 0 Å². The van der Waals surface area contributed by atoms with Crippen LogP contribution in [0.15, 0.2) is 30.3 Å². The zero-order valence-corrected chi connectivity index (χ0v) is 11.9. The third kappa shape index (κ3) is 2.69. The smallest absolute Gasteiger partial charge is 0.146 e. The van der Waals surface area contributed by atoms with Gasteiger partial charge in [0.05, 0.1) is 0 Å². The van der Waals surface area contributed by atoms with Gasteiger partial charge in [0.25, 0.3) is 0 Å². The maximum absolute atomic E-state index is 9.42. The molecule has 0 saturated heterocycles. The molecule has 1 aromatic carbocycles. The maximum atomic E-state index is 9.42. The van der Waals surface area contributed by atoms with Crippen molar-refractivity contribution in [3.63, 3.8) is 0 Å². The standard InChI is InChI=1S/C15H14ClN3/c1-10-7-13(11-5-4-6-12(16)8-11)14(9-17)15(18-10)19(2)3/h4-8H,1-3H3. The first-order chi connectivity index (χ1) is 9.02. The summed E-state index contributed by atoms with van der Waals surface area (Å²) in [5.74, 6) is 0.678. The van der Waals surface area contributed by atoms with Gasteiger partial charge in [-0.2, -0.15) is 5.26 Å². The summed E-state index contributed by atoms with van der Waals surface area (Å²) in [6.07, 6.45) is 0. The van der Waals surface area contributed by atoms with Gasteiger partial charge in [-0.1, -0.05) is 23.7 Å². The zero-order valence-electron chi connectivity index (χ0n) is 11.1. The molecule has 0 spiro atoms. The van der Waals surface area contributed by atoms with Crippen molar-refractivity contribution in [1.29, 1.82) is 5.26 Å². The SMILES string of the molecule is Cc1cc(-c2cccc(Cl)c2)c(C#N)c(N(C)C)n1. The van der Waals surface area contributed by atoms with Crippen LogP contribution in [-0.4, -0.2) is 19.1 Å². The first kappa shape index (κ1) is 13.4. The number of aromatic nitrogens is 1. The van der Waals surface area contributed by atoms with Gasteiger partial charge in [0.2, 0.25) is 0 Å². The predicted octanol–water partition coefficient (Wildman–Crippen LogP) is 3.65. The van der Waals surface area contributed by atoms with Crippen LogP contribution in [0, 0.1) is 18.3 Å². The molecule has 1 heterocycles. The van der Waals surface area contributed by atoms with Gasteiger partial charge in [0.15, 0.2) is 0 Å². The Morgan fingerprint density at radius 3 is 2.58 bits per heavy atom. The molecule has 0 unspecified atom stereocenters. The van der Waals surface area contributed by atoms with Crippen LogP contribution in [0.2, 0.25) is 5.02 Å². The van der Waals surface area contributed by atoms with E-state index in [1.807, 2.05) is 56.3 Å². The molecule has 1 aromatic heterocycles. The lowest BCUT2D eigenvalue weighted by molar-refractivity contribution is 1.04. The lowest BCUT2D eigenvalue weighted by Crippen LogP contribution is -2.13. The van der Waals surface area contributed by atoms with Crippen molar-refractivity contribution in [2.24, 2.45) is 0 Å². The highest BCUT2D eigenvalue weighted by Crippen LogP contribution is 2.30. The Kier molecular flexibility index (Phi) is 3.73. The van der Waals surface area contributed by atoms with E-state index < -0.39 is 0 Å². The van der Waals surface area contributed by atoms with Crippen LogP contribution in [0.4, 0.5) is 5.82 Å². The van der Waals surface area contributed by atoms with Crippen molar-refractivity contribution < 1.29 is 0 Å². The Balaban J connectivity index is 2.73. The minimum absolute atomic E-state index is 0.567. The third-order valence-electron chi connectivity index (χ3n) is 2.80. The summed E-state index contributed by atoms with van der Waals surface area (Å²) in [4.78, 5) is 6.27. The molecule has 2 rings (SSSR count). The van der Waals surface area contributed by atoms with E-state index in [0.29, 0.717) is 16.4 Å². The highest BCUT2D eigenvalue weighted by Gasteiger charge is 2.14. The Labute approximate surface area is 118 Å². The molecule has 0 atom stereocenters. The molecular formula is C15H14ClN3. The molecule has 0 radical (unpaired) electrons. The maximum Gasteiger partial charge on any atom is 0.146 e. The van der Waals surface area contributed by atoms with Gasteiger partial charge < -0.3 is 4.90 Å². The van der Waals surface area contributed by atoms with Gasteiger partial charge in [-0.15, -0.1) is 0 Å². The second-order valence-corrected chi connectivity index (χ2v) is 4.96. The van der Waals surface area contributed by atoms with Gasteiger partial charge in [0.1, 0.15) is 17.5 Å². The molecule has 0 amide bonds. The van der Waals surface area contributed by atoms with Crippen molar-refractivity contribution in [3.8, 4) is 17.2 Å². The van der Waals surface area contributed by atoms with E-state index in [4.69, 9.17) is 11.6 Å². The molecule has 4 heteroatoms. The number of benzene rings is 1. The number of nitriles is 1. The molecule has 0 fully saturated rings. The molecule has 19 heavy (non-hydrogen) atoms. The first-order valence-electron chi connectivity index (χ1n) is 5.88. The van der Waals surface area contributed by atoms with Crippen molar-refractivity contribution in [2.45, 2.75) is 6.92 Å². The van der Waals surface area contributed by atoms with E-state index >= 15 is 0 Å². The summed E-state index contributed by atoms with van der Waals surface area (Å²) in [7, 11) is 3.76. The van der Waals surface area contributed by atoms with Crippen molar-refractivity contribution in [1.82, 2.24) is 4.98 Å². The minimum atomic E-state index is 0.567. The molecule has 2 aromatic rings. The van der Waals surface area contributed by atoms with Gasteiger partial charge >= 0.3 is 0 Å². The number of halogens is 1. The number of aryl methyl sites for hydroxylation is 1. The van der Waals surface area contributed by atoms with Gasteiger partial charge in [0, 0.05) is 30.4 Å². The summed E-state index contributed by atoms with van der Waals surface area (Å²) in [6, 6.07) is 11.7. The van der Waals surface area contributed by atoms with Crippen LogP contribution >= 0.6 is 11.6 Å². The number of anilines is 1. The highest BCUT2D eigenvalue weighted by atomic mass is 35.5. The van der Waals surface area contributed by atoms with Crippen LogP contribution in [0.1, 0.15) is 11.3 Å². The fraction of sp³-hybridized carbons (Fsp3) is 0.200. The van der Waals surface area contributed by atoms with E-state index in [2.05, 4.69) is 11.1 Å². The van der Waals surface area contributed by atoms with E-state index in [-0.39, 0.29) is 0 Å². The number of hydrogen-bond acceptors (Lipinski definition) is 3. The second kappa shape index (κ2) is 5.29. The Morgan fingerprint density at radius 2 is 2.00 bits per heavy atom. The molecule has 0 aliphatic carbocycles. The molecule has 0 bridgehead atoms. The van der Waals surface area contributed by atoms with E-state index in [9.17, 15) is 5.26 Å². The minimum Gasteiger partial charge on any atom is -0.362 e. The number of hydrogen-bond donors (Lipinski definition) is 0. The molecule has 3 nitrogen and oxygen atoms in total. The summed E-state index contributed by atoms with van der Waals surface area (Å²) >= 11 is 6.02. The summed E-state index contributed by atoms with van der Waals surface area (Å²) in [5, 5.41) is 10.1. The van der Waals surface area contributed by atoms with Crippen LogP contribution in [0.25, 0.3) is 11.1 Å². The molecule has 96 valence electrons. The van der Waals surface area contributed by atoms with E-state index in [1.54, 1.807) is 0 Å². The van der Waals surface area contributed by atoms with Crippen LogP contribution < -0.4 is 4.90 Å². The normalized spacial score (nSPS) is 10.1. The van der Waals surface area contributed by atoms with Crippen LogP contribution in [0.3, 0.4) is 0 Å². The van der Waals surface area contributed by atoms with Crippen molar-refractivity contribution in [3.05, 3.63) is 46.6 Å². The third-order valence-corrected chi connectivity index (χ3v) is 3.03. The summed E-state index contributed by atoms with van der Waals surface area (Å²) in [6.45, 7) is 1.92. The molecule has 0 N–H and O–H groups in total. The first-order valence-corrected chi connectivity index (χ1v) is 6.25. The topological polar surface area (TPSA) is 39.9 Å². The Morgan fingerprint density at radius 1 is 1.26 bits per heavy atom. The average Bonchev–Trinajstić information content (AvgIpc) is 2.37. The fourth-order valence-electron chi connectivity index (χ4n) is 1.97. The van der Waals surface area contributed by atoms with Gasteiger partial charge in [-0.25, -0.2) is 4.98 Å². The largest absolute Gasteiger partial charge is 0.362 e. The Bertz CT molecular complexity index is 657. The lowest BCUT2D eigenvalue weighted by atomic mass is 10.0. The summed E-state index contributed by atoms with van der Waals surface area (Å²) in [5.41, 5.74) is 3.23. The summed E-state index contributed by atoms with van der Waals surface area (Å²) < 4.78 is 0. The number of pyridine rings is 1. The number of nitrogens with zero attached hydrogens (tertiary/aromatic N) is 3. The number of rotatable bonds is 2. The Hall–Kier alpha value is -2.05. The quantitative estimate of drug-likeness (QED) is 0.837. The van der Waals surface area contributed by atoms with Gasteiger partial charge in [-0.3, -0.25) is 0 Å². The van der Waals surface area contributed by atoms with E-state index in [1.165, 1.54) is 0 Å². The van der Waals surface area contributed by atoms with Crippen molar-refractivity contribution in [2.75, 3.05) is 19.0 Å². The highest BCUT2D eigenvalue weighted by molar-refractivity contribution is 6.30. The predicted molar refractivity (Wildman–Crippen MR) is 78.5 cm³/mol. The second-order valence-electron chi connectivity index (χ2n) is 4.53. The molecule has 0 saturated carbocycles. The monoisotopic (exact) mass is 271 g/mol. The van der Waals surface area contributed by atoms with Crippen LogP contribution in [-0.2, 0) is 0 Å². The lowest BCUT2D eigenvalue weighted by Gasteiger charge is -2.16. The molecule has 0 aliphatic rings. The average molecular weight is 272 g/mol. The fourth-order valence-corrected chi connectivity index (χ4v) is 2.16. The van der Waals surface area contributed by atoms with E-state index in [0.717, 1.165) is 16.8 Å². The zero-order chi connectivity index (χ0) is 14.0.